The van der Waals surface area contributed by atoms with E-state index in [9.17, 15) is 9.90 Å². The molecule has 0 aromatic carbocycles. The van der Waals surface area contributed by atoms with Crippen molar-refractivity contribution in [2.75, 3.05) is 13.1 Å². The van der Waals surface area contributed by atoms with Gasteiger partial charge in [0.25, 0.3) is 0 Å². The summed E-state index contributed by atoms with van der Waals surface area (Å²) in [5, 5.41) is 16.5. The Labute approximate surface area is 111 Å². The van der Waals surface area contributed by atoms with E-state index in [1.165, 1.54) is 6.42 Å². The molecule has 0 aromatic rings. The summed E-state index contributed by atoms with van der Waals surface area (Å²) in [6.45, 7) is 7.34. The number of carbonyl (C=O) groups is 1. The molecule has 0 bridgehead atoms. The van der Waals surface area contributed by atoms with Crippen molar-refractivity contribution in [2.24, 2.45) is 5.92 Å². The molecule has 1 amide bonds. The fourth-order valence-corrected chi connectivity index (χ4v) is 2.71. The quantitative estimate of drug-likeness (QED) is 0.630. The van der Waals surface area contributed by atoms with Crippen LogP contribution < -0.4 is 10.6 Å². The highest BCUT2D eigenvalue weighted by Gasteiger charge is 2.31. The standard InChI is InChI=1S/C14H28N2O2/c1-11(2)16-13(17)6-8-15-10-14(18)7-4-5-12(3)9-14/h11-12,15,18H,4-10H2,1-3H3,(H,16,17). The molecule has 2 atom stereocenters. The van der Waals surface area contributed by atoms with E-state index in [-0.39, 0.29) is 11.9 Å². The molecule has 0 aliphatic heterocycles. The van der Waals surface area contributed by atoms with E-state index in [1.807, 2.05) is 13.8 Å². The second-order valence-electron chi connectivity index (χ2n) is 6.07. The molecule has 1 fully saturated rings. The average molecular weight is 256 g/mol. The van der Waals surface area contributed by atoms with Crippen LogP contribution in [-0.4, -0.2) is 35.7 Å². The Hall–Kier alpha value is -0.610. The van der Waals surface area contributed by atoms with Crippen LogP contribution in [0.15, 0.2) is 0 Å². The highest BCUT2D eigenvalue weighted by atomic mass is 16.3. The number of aliphatic hydroxyl groups is 1. The summed E-state index contributed by atoms with van der Waals surface area (Å²) in [4.78, 5) is 11.4. The van der Waals surface area contributed by atoms with Crippen molar-refractivity contribution >= 4 is 5.91 Å². The Bertz CT molecular complexity index is 269. The molecule has 1 aliphatic rings. The third kappa shape index (κ3) is 5.83. The van der Waals surface area contributed by atoms with E-state index in [0.717, 1.165) is 19.3 Å². The van der Waals surface area contributed by atoms with Crippen molar-refractivity contribution in [2.45, 2.75) is 64.5 Å². The number of hydrogen-bond donors (Lipinski definition) is 3. The maximum atomic E-state index is 11.4. The number of carbonyl (C=O) groups excluding carboxylic acids is 1. The lowest BCUT2D eigenvalue weighted by atomic mass is 9.79. The molecule has 0 spiro atoms. The van der Waals surface area contributed by atoms with Crippen molar-refractivity contribution in [1.82, 2.24) is 10.6 Å². The highest BCUT2D eigenvalue weighted by molar-refractivity contribution is 5.76. The number of nitrogens with one attached hydrogen (secondary N) is 2. The smallest absolute Gasteiger partial charge is 0.221 e. The minimum absolute atomic E-state index is 0.0708. The Balaban J connectivity index is 2.15. The van der Waals surface area contributed by atoms with Crippen LogP contribution in [0.5, 0.6) is 0 Å². The second kappa shape index (κ2) is 7.10. The molecule has 0 saturated heterocycles. The van der Waals surface area contributed by atoms with E-state index in [4.69, 9.17) is 0 Å². The minimum Gasteiger partial charge on any atom is -0.389 e. The summed E-state index contributed by atoms with van der Waals surface area (Å²) in [6, 6.07) is 0.195. The monoisotopic (exact) mass is 256 g/mol. The SMILES string of the molecule is CC1CCCC(O)(CNCCC(=O)NC(C)C)C1. The van der Waals surface area contributed by atoms with Gasteiger partial charge < -0.3 is 15.7 Å². The molecule has 1 aliphatic carbocycles. The van der Waals surface area contributed by atoms with Crippen LogP contribution in [0.3, 0.4) is 0 Å². The van der Waals surface area contributed by atoms with Crippen LogP contribution >= 0.6 is 0 Å². The predicted molar refractivity (Wildman–Crippen MR) is 73.3 cm³/mol. The van der Waals surface area contributed by atoms with Crippen LogP contribution in [0.25, 0.3) is 0 Å². The molecule has 0 heterocycles. The summed E-state index contributed by atoms with van der Waals surface area (Å²) in [6.07, 6.45) is 4.55. The number of hydrogen-bond acceptors (Lipinski definition) is 3. The Morgan fingerprint density at radius 1 is 1.50 bits per heavy atom. The van der Waals surface area contributed by atoms with E-state index in [0.29, 0.717) is 25.4 Å². The van der Waals surface area contributed by atoms with Gasteiger partial charge in [0.15, 0.2) is 0 Å². The Kier molecular flexibility index (Phi) is 6.09. The lowest BCUT2D eigenvalue weighted by molar-refractivity contribution is -0.121. The maximum Gasteiger partial charge on any atom is 0.221 e. The van der Waals surface area contributed by atoms with Gasteiger partial charge in [-0.2, -0.15) is 0 Å². The number of amides is 1. The number of rotatable bonds is 6. The molecule has 4 nitrogen and oxygen atoms in total. The first kappa shape index (κ1) is 15.4. The van der Waals surface area contributed by atoms with Crippen LogP contribution in [0.4, 0.5) is 0 Å². The summed E-state index contributed by atoms with van der Waals surface area (Å²) >= 11 is 0. The lowest BCUT2D eigenvalue weighted by Crippen LogP contribution is -2.44. The van der Waals surface area contributed by atoms with Gasteiger partial charge in [0.05, 0.1) is 5.60 Å². The van der Waals surface area contributed by atoms with Gasteiger partial charge >= 0.3 is 0 Å². The maximum absolute atomic E-state index is 11.4. The van der Waals surface area contributed by atoms with Crippen molar-refractivity contribution in [3.63, 3.8) is 0 Å². The molecule has 0 aromatic heterocycles. The molecule has 3 N–H and O–H groups in total. The van der Waals surface area contributed by atoms with E-state index in [2.05, 4.69) is 17.6 Å². The summed E-state index contributed by atoms with van der Waals surface area (Å²) in [5.74, 6) is 0.677. The zero-order valence-corrected chi connectivity index (χ0v) is 12.0. The molecular weight excluding hydrogens is 228 g/mol. The first-order chi connectivity index (χ1) is 8.41. The Morgan fingerprint density at radius 2 is 2.22 bits per heavy atom. The van der Waals surface area contributed by atoms with E-state index < -0.39 is 5.60 Å². The van der Waals surface area contributed by atoms with Crippen LogP contribution in [0.2, 0.25) is 0 Å². The van der Waals surface area contributed by atoms with Crippen LogP contribution in [0.1, 0.15) is 52.9 Å². The molecule has 18 heavy (non-hydrogen) atoms. The third-order valence-corrected chi connectivity index (χ3v) is 3.50. The van der Waals surface area contributed by atoms with Crippen LogP contribution in [-0.2, 0) is 4.79 Å². The van der Waals surface area contributed by atoms with Gasteiger partial charge in [-0.15, -0.1) is 0 Å². The van der Waals surface area contributed by atoms with E-state index >= 15 is 0 Å². The van der Waals surface area contributed by atoms with Gasteiger partial charge in [0.1, 0.15) is 0 Å². The van der Waals surface area contributed by atoms with Gasteiger partial charge in [-0.25, -0.2) is 0 Å². The van der Waals surface area contributed by atoms with Gasteiger partial charge in [-0.1, -0.05) is 19.8 Å². The minimum atomic E-state index is -0.563. The zero-order chi connectivity index (χ0) is 13.6. The van der Waals surface area contributed by atoms with E-state index in [1.54, 1.807) is 0 Å². The van der Waals surface area contributed by atoms with Gasteiger partial charge in [-0.05, 0) is 32.6 Å². The van der Waals surface area contributed by atoms with Gasteiger partial charge in [-0.3, -0.25) is 4.79 Å². The van der Waals surface area contributed by atoms with Crippen molar-refractivity contribution < 1.29 is 9.90 Å². The molecule has 2 unspecified atom stereocenters. The molecule has 4 heteroatoms. The van der Waals surface area contributed by atoms with Gasteiger partial charge in [0.2, 0.25) is 5.91 Å². The largest absolute Gasteiger partial charge is 0.389 e. The molecule has 106 valence electrons. The third-order valence-electron chi connectivity index (χ3n) is 3.50. The van der Waals surface area contributed by atoms with Crippen molar-refractivity contribution in [1.29, 1.82) is 0 Å². The summed E-state index contributed by atoms with van der Waals surface area (Å²) in [5.41, 5.74) is -0.563. The first-order valence-electron chi connectivity index (χ1n) is 7.14. The molecule has 1 rings (SSSR count). The highest BCUT2D eigenvalue weighted by Crippen LogP contribution is 2.31. The second-order valence-corrected chi connectivity index (χ2v) is 6.07. The molecule has 1 saturated carbocycles. The van der Waals surface area contributed by atoms with Crippen molar-refractivity contribution in [3.8, 4) is 0 Å². The molecule has 0 radical (unpaired) electrons. The van der Waals surface area contributed by atoms with Gasteiger partial charge in [0, 0.05) is 25.6 Å². The summed E-state index contributed by atoms with van der Waals surface area (Å²) < 4.78 is 0. The summed E-state index contributed by atoms with van der Waals surface area (Å²) in [7, 11) is 0. The van der Waals surface area contributed by atoms with Crippen LogP contribution in [0, 0.1) is 5.92 Å². The topological polar surface area (TPSA) is 61.4 Å². The fraction of sp³-hybridized carbons (Fsp3) is 0.929. The first-order valence-corrected chi connectivity index (χ1v) is 7.14. The zero-order valence-electron chi connectivity index (χ0n) is 12.0. The van der Waals surface area contributed by atoms with Crippen molar-refractivity contribution in [3.05, 3.63) is 0 Å². The Morgan fingerprint density at radius 3 is 2.83 bits per heavy atom. The average Bonchev–Trinajstić information content (AvgIpc) is 2.23. The molecular formula is C14H28N2O2. The fourth-order valence-electron chi connectivity index (χ4n) is 2.71. The predicted octanol–water partition coefficient (Wildman–Crippen LogP) is 1.43. The lowest BCUT2D eigenvalue weighted by Gasteiger charge is -2.35. The normalized spacial score (nSPS) is 28.4.